The minimum atomic E-state index is -1.05. The van der Waals surface area contributed by atoms with Gasteiger partial charge < -0.3 is 29.5 Å². The van der Waals surface area contributed by atoms with E-state index in [0.29, 0.717) is 53.4 Å². The summed E-state index contributed by atoms with van der Waals surface area (Å²) in [6.45, 7) is 10.3. The first-order chi connectivity index (χ1) is 21.4. The number of methoxy groups -OCH3 is 1. The Morgan fingerprint density at radius 1 is 1.13 bits per heavy atom. The average molecular weight is 625 g/mol. The molecule has 2 N–H and O–H groups in total. The number of benzene rings is 1. The number of likely N-dealkylation sites (tertiary alicyclic amines) is 1. The largest absolute Gasteiger partial charge is 0.497 e. The van der Waals surface area contributed by atoms with Crippen LogP contribution in [0.4, 0.5) is 4.79 Å². The molecule has 2 amide bonds. The summed E-state index contributed by atoms with van der Waals surface area (Å²) in [6.07, 6.45) is 6.48. The van der Waals surface area contributed by atoms with Crippen LogP contribution in [0.2, 0.25) is 0 Å². The average Bonchev–Trinajstić information content (AvgIpc) is 3.56. The quantitative estimate of drug-likeness (QED) is 0.226. The molecule has 0 bridgehead atoms. The summed E-state index contributed by atoms with van der Waals surface area (Å²) in [6, 6.07) is 4.57. The zero-order chi connectivity index (χ0) is 32.5. The molecule has 11 nitrogen and oxygen atoms in total. The van der Waals surface area contributed by atoms with Gasteiger partial charge in [0.15, 0.2) is 0 Å². The lowest BCUT2D eigenvalue weighted by molar-refractivity contribution is -0.146. The number of nitrogens with zero attached hydrogens (tertiary/aromatic N) is 3. The van der Waals surface area contributed by atoms with Gasteiger partial charge >= 0.3 is 12.1 Å². The molecule has 3 aliphatic rings. The number of amides is 2. The maximum Gasteiger partial charge on any atom is 0.407 e. The van der Waals surface area contributed by atoms with Gasteiger partial charge in [0.2, 0.25) is 12.3 Å². The molecule has 0 spiro atoms. The third-order valence-corrected chi connectivity index (χ3v) is 10.3. The molecule has 1 unspecified atom stereocenters. The van der Waals surface area contributed by atoms with Gasteiger partial charge in [-0.3, -0.25) is 4.79 Å². The van der Waals surface area contributed by atoms with Crippen molar-refractivity contribution in [1.29, 1.82) is 0 Å². The zero-order valence-corrected chi connectivity index (χ0v) is 27.3. The number of hydrogen-bond acceptors (Lipinski definition) is 8. The molecular formula is C34H48N4O7. The second kappa shape index (κ2) is 13.4. The van der Waals surface area contributed by atoms with E-state index in [4.69, 9.17) is 24.2 Å². The lowest BCUT2D eigenvalue weighted by atomic mass is 9.88. The Bertz CT molecular complexity index is 1390. The van der Waals surface area contributed by atoms with Crippen molar-refractivity contribution < 1.29 is 33.7 Å². The van der Waals surface area contributed by atoms with E-state index in [9.17, 15) is 19.5 Å². The number of hydrogen-bond donors (Lipinski definition) is 2. The minimum absolute atomic E-state index is 0.0155. The van der Waals surface area contributed by atoms with Crippen LogP contribution in [0.5, 0.6) is 11.6 Å². The van der Waals surface area contributed by atoms with E-state index in [1.165, 1.54) is 11.3 Å². The Morgan fingerprint density at radius 2 is 1.91 bits per heavy atom. The first-order valence-electron chi connectivity index (χ1n) is 16.3. The van der Waals surface area contributed by atoms with Crippen molar-refractivity contribution in [2.45, 2.75) is 104 Å². The monoisotopic (exact) mass is 624 g/mol. The molecule has 45 heavy (non-hydrogen) atoms. The maximum absolute atomic E-state index is 12.6. The number of unbranched alkanes of at least 4 members (excludes halogenated alkanes) is 2. The molecule has 11 heteroatoms. The van der Waals surface area contributed by atoms with Crippen LogP contribution in [0.1, 0.15) is 78.8 Å². The molecular weight excluding hydrogens is 576 g/mol. The van der Waals surface area contributed by atoms with Gasteiger partial charge in [0, 0.05) is 18.0 Å². The van der Waals surface area contributed by atoms with Crippen LogP contribution in [0.25, 0.3) is 11.0 Å². The van der Waals surface area contributed by atoms with Crippen molar-refractivity contribution in [3.8, 4) is 11.6 Å². The van der Waals surface area contributed by atoms with Crippen LogP contribution in [-0.2, 0) is 20.7 Å². The number of fused-ring (bicyclic) bond motifs is 2. The summed E-state index contributed by atoms with van der Waals surface area (Å²) in [4.78, 5) is 47.0. The third kappa shape index (κ3) is 7.44. The summed E-state index contributed by atoms with van der Waals surface area (Å²) in [5, 5.41) is 12.7. The van der Waals surface area contributed by atoms with Crippen LogP contribution in [0.3, 0.4) is 0 Å². The molecule has 2 saturated carbocycles. The van der Waals surface area contributed by atoms with Gasteiger partial charge in [0.05, 0.1) is 24.7 Å². The number of carbonyl (C=O) groups is 3. The summed E-state index contributed by atoms with van der Waals surface area (Å²) >= 11 is 0. The number of aliphatic carboxylic acids is 1. The van der Waals surface area contributed by atoms with Crippen LogP contribution in [0.15, 0.2) is 18.2 Å². The highest BCUT2D eigenvalue weighted by Gasteiger charge is 2.54. The number of carboxylic acids is 1. The first kappa shape index (κ1) is 32.8. The van der Waals surface area contributed by atoms with E-state index in [2.05, 4.69) is 26.1 Å². The molecule has 2 aromatic rings. The Kier molecular flexibility index (Phi) is 9.74. The number of carbonyl (C=O) groups excluding carboxylic acids is 2. The van der Waals surface area contributed by atoms with E-state index in [0.717, 1.165) is 37.6 Å². The van der Waals surface area contributed by atoms with Gasteiger partial charge in [-0.15, -0.1) is 0 Å². The smallest absolute Gasteiger partial charge is 0.407 e. The molecule has 1 saturated heterocycles. The van der Waals surface area contributed by atoms with Gasteiger partial charge in [0.25, 0.3) is 0 Å². The third-order valence-electron chi connectivity index (χ3n) is 10.3. The molecule has 1 aliphatic heterocycles. The lowest BCUT2D eigenvalue weighted by Crippen LogP contribution is -2.43. The highest BCUT2D eigenvalue weighted by molar-refractivity contribution is 5.78. The van der Waals surface area contributed by atoms with E-state index < -0.39 is 24.0 Å². The van der Waals surface area contributed by atoms with E-state index in [1.807, 2.05) is 19.1 Å². The second-order valence-electron chi connectivity index (χ2n) is 14.3. The van der Waals surface area contributed by atoms with Gasteiger partial charge in [-0.1, -0.05) is 40.5 Å². The molecule has 5 rings (SSSR count). The molecule has 8 atom stereocenters. The summed E-state index contributed by atoms with van der Waals surface area (Å²) in [5.74, 6) is 1.30. The van der Waals surface area contributed by atoms with Crippen molar-refractivity contribution in [3.05, 3.63) is 23.9 Å². The van der Waals surface area contributed by atoms with Crippen LogP contribution < -0.4 is 14.8 Å². The van der Waals surface area contributed by atoms with Crippen LogP contribution in [-0.4, -0.2) is 76.4 Å². The lowest BCUT2D eigenvalue weighted by Gasteiger charge is -2.29. The normalized spacial score (nSPS) is 28.0. The van der Waals surface area contributed by atoms with Crippen molar-refractivity contribution >= 4 is 29.5 Å². The number of ether oxygens (including phenoxy) is 3. The van der Waals surface area contributed by atoms with Crippen molar-refractivity contribution in [2.75, 3.05) is 13.7 Å². The van der Waals surface area contributed by atoms with E-state index >= 15 is 0 Å². The standard InChI is InChI=1S/C34H48N4O7/c1-19-29(17-38(18-39)30(19)32(40)41)44-31-26(36-25-13-12-22(43-6)16-27(25)37-31)11-9-7-8-10-23-24-14-21(24)15-28(23)45-33(42)35-20(2)34(3,4)5/h12-13,16,18-21,23-24,28-30H,7-11,14-15,17H2,1-6H3,(H,35,42)(H,40,41)/t19-,20-,21?,23-,24+,28-,29+,30+/m1/s1. The topological polar surface area (TPSA) is 140 Å². The summed E-state index contributed by atoms with van der Waals surface area (Å²) < 4.78 is 17.6. The second-order valence-corrected chi connectivity index (χ2v) is 14.3. The van der Waals surface area contributed by atoms with Gasteiger partial charge in [0.1, 0.15) is 29.7 Å². The number of carboxylic acid groups (broad SMARTS) is 1. The predicted molar refractivity (Wildman–Crippen MR) is 168 cm³/mol. The molecule has 246 valence electrons. The van der Waals surface area contributed by atoms with Crippen LogP contribution >= 0.6 is 0 Å². The summed E-state index contributed by atoms with van der Waals surface area (Å²) in [7, 11) is 1.59. The molecule has 0 radical (unpaired) electrons. The zero-order valence-electron chi connectivity index (χ0n) is 27.3. The number of nitrogens with one attached hydrogen (secondary N) is 1. The Balaban J connectivity index is 1.20. The van der Waals surface area contributed by atoms with Gasteiger partial charge in [-0.2, -0.15) is 0 Å². The molecule has 1 aromatic heterocycles. The fourth-order valence-corrected chi connectivity index (χ4v) is 6.96. The fraction of sp³-hybridized carbons (Fsp3) is 0.676. The Hall–Kier alpha value is -3.63. The first-order valence-corrected chi connectivity index (χ1v) is 16.3. The van der Waals surface area contributed by atoms with Gasteiger partial charge in [-0.25, -0.2) is 19.6 Å². The molecule has 2 aliphatic carbocycles. The minimum Gasteiger partial charge on any atom is -0.497 e. The SMILES string of the molecule is COc1ccc2nc(CCCCC[C@H]3[C@H](OC(=O)N[C@H](C)C(C)(C)C)CC4C[C@@H]43)c(O[C@H]3CN(C=O)[C@H](C(=O)O)[C@@H]3C)nc2c1. The Morgan fingerprint density at radius 3 is 2.58 bits per heavy atom. The van der Waals surface area contributed by atoms with Crippen molar-refractivity contribution in [1.82, 2.24) is 20.2 Å². The van der Waals surface area contributed by atoms with Crippen molar-refractivity contribution in [3.63, 3.8) is 0 Å². The van der Waals surface area contributed by atoms with E-state index in [-0.39, 0.29) is 30.2 Å². The number of aromatic nitrogens is 2. The molecule has 2 heterocycles. The highest BCUT2D eigenvalue weighted by Crippen LogP contribution is 2.57. The summed E-state index contributed by atoms with van der Waals surface area (Å²) in [5.41, 5.74) is 2.02. The van der Waals surface area contributed by atoms with E-state index in [1.54, 1.807) is 20.1 Å². The molecule has 3 fully saturated rings. The predicted octanol–water partition coefficient (Wildman–Crippen LogP) is 5.24. The van der Waals surface area contributed by atoms with Crippen molar-refractivity contribution in [2.24, 2.45) is 29.1 Å². The maximum atomic E-state index is 12.6. The van der Waals surface area contributed by atoms with Gasteiger partial charge in [-0.05, 0) is 74.3 Å². The number of rotatable bonds is 13. The number of alkyl carbamates (subject to hydrolysis) is 1. The Labute approximate surface area is 265 Å². The number of aryl methyl sites for hydroxylation is 1. The fourth-order valence-electron chi connectivity index (χ4n) is 6.96. The highest BCUT2D eigenvalue weighted by atomic mass is 16.6. The molecule has 1 aromatic carbocycles. The van der Waals surface area contributed by atoms with Crippen LogP contribution in [0, 0.1) is 29.1 Å².